The molecule has 0 aromatic heterocycles. The lowest BCUT2D eigenvalue weighted by Crippen LogP contribution is -2.24. The zero-order valence-electron chi connectivity index (χ0n) is 16.9. The van der Waals surface area contributed by atoms with Gasteiger partial charge in [0.25, 0.3) is 11.8 Å². The minimum Gasteiger partial charge on any atom is -0.355 e. The Labute approximate surface area is 165 Å². The Morgan fingerprint density at radius 3 is 2.18 bits per heavy atom. The van der Waals surface area contributed by atoms with Gasteiger partial charge < -0.3 is 10.6 Å². The van der Waals surface area contributed by atoms with E-state index in [2.05, 4.69) is 10.6 Å². The smallest absolute Gasteiger partial charge is 0.255 e. The highest BCUT2D eigenvalue weighted by Gasteiger charge is 2.23. The van der Waals surface area contributed by atoms with Crippen LogP contribution in [0.25, 0.3) is 0 Å². The molecule has 0 bridgehead atoms. The molecule has 0 saturated carbocycles. The zero-order valence-corrected chi connectivity index (χ0v) is 17.7. The lowest BCUT2D eigenvalue weighted by atomic mass is 10.0. The number of benzene rings is 2. The third-order valence-electron chi connectivity index (χ3n) is 4.69. The molecular weight excluding hydrogens is 378 g/mol. The number of carbonyl (C=O) groups excluding carboxylic acids is 2. The second kappa shape index (κ2) is 8.12. The third-order valence-corrected chi connectivity index (χ3v) is 6.64. The van der Waals surface area contributed by atoms with Gasteiger partial charge in [0.05, 0.1) is 4.90 Å². The minimum atomic E-state index is -3.69. The summed E-state index contributed by atoms with van der Waals surface area (Å²) < 4.78 is 26.3. The van der Waals surface area contributed by atoms with Gasteiger partial charge in [0, 0.05) is 38.0 Å². The van der Waals surface area contributed by atoms with Crippen LogP contribution in [0.2, 0.25) is 0 Å². The van der Waals surface area contributed by atoms with Crippen LogP contribution in [-0.4, -0.2) is 45.7 Å². The summed E-state index contributed by atoms with van der Waals surface area (Å²) in [6.07, 6.45) is 0. The molecule has 0 heterocycles. The van der Waals surface area contributed by atoms with Gasteiger partial charge in [-0.15, -0.1) is 0 Å². The van der Waals surface area contributed by atoms with Crippen molar-refractivity contribution in [2.45, 2.75) is 25.7 Å². The summed E-state index contributed by atoms with van der Waals surface area (Å²) in [7, 11) is 0.746. The first kappa shape index (κ1) is 21.6. The molecule has 2 N–H and O–H groups in total. The quantitative estimate of drug-likeness (QED) is 0.802. The van der Waals surface area contributed by atoms with Gasteiger partial charge in [0.2, 0.25) is 10.0 Å². The van der Waals surface area contributed by atoms with Gasteiger partial charge >= 0.3 is 0 Å². The average Bonchev–Trinajstić information content (AvgIpc) is 2.64. The van der Waals surface area contributed by atoms with Crippen LogP contribution in [0.4, 0.5) is 5.69 Å². The molecule has 0 saturated heterocycles. The Kier molecular flexibility index (Phi) is 6.26. The van der Waals surface area contributed by atoms with E-state index >= 15 is 0 Å². The molecule has 150 valence electrons. The molecule has 0 radical (unpaired) electrons. The van der Waals surface area contributed by atoms with Crippen LogP contribution in [0.15, 0.2) is 35.2 Å². The maximum absolute atomic E-state index is 12.8. The zero-order chi connectivity index (χ0) is 21.2. The van der Waals surface area contributed by atoms with Crippen LogP contribution in [0.5, 0.6) is 0 Å². The van der Waals surface area contributed by atoms with Crippen molar-refractivity contribution in [1.82, 2.24) is 9.62 Å². The fourth-order valence-corrected chi connectivity index (χ4v) is 3.99. The molecule has 0 aliphatic rings. The van der Waals surface area contributed by atoms with E-state index in [0.717, 1.165) is 4.31 Å². The van der Waals surface area contributed by atoms with Crippen molar-refractivity contribution in [3.63, 3.8) is 0 Å². The standard InChI is InChI=1S/C20H25N3O4S/c1-12-10-15(11-18(13(12)2)28(26,27)23(5)6)19(24)22-17-9-7-8-16(14(17)3)20(25)21-4/h7-11H,1-6H3,(H,21,25)(H,22,24). The van der Waals surface area contributed by atoms with Crippen LogP contribution < -0.4 is 10.6 Å². The van der Waals surface area contributed by atoms with Crippen molar-refractivity contribution < 1.29 is 18.0 Å². The second-order valence-electron chi connectivity index (χ2n) is 6.72. The van der Waals surface area contributed by atoms with Crippen molar-refractivity contribution in [3.8, 4) is 0 Å². The Bertz CT molecular complexity index is 1040. The highest BCUT2D eigenvalue weighted by molar-refractivity contribution is 7.89. The maximum atomic E-state index is 12.8. The third kappa shape index (κ3) is 4.07. The summed E-state index contributed by atoms with van der Waals surface area (Å²) in [4.78, 5) is 24.9. The summed E-state index contributed by atoms with van der Waals surface area (Å²) in [5.41, 5.74) is 3.10. The van der Waals surface area contributed by atoms with Crippen LogP contribution in [-0.2, 0) is 10.0 Å². The van der Waals surface area contributed by atoms with Crippen molar-refractivity contribution in [2.24, 2.45) is 0 Å². The predicted octanol–water partition coefficient (Wildman–Crippen LogP) is 2.47. The summed E-state index contributed by atoms with van der Waals surface area (Å²) in [5.74, 6) is -0.699. The van der Waals surface area contributed by atoms with E-state index in [4.69, 9.17) is 0 Å². The Morgan fingerprint density at radius 1 is 0.964 bits per heavy atom. The largest absolute Gasteiger partial charge is 0.355 e. The average molecular weight is 404 g/mol. The molecule has 0 fully saturated rings. The first-order valence-corrected chi connectivity index (χ1v) is 10.1. The van der Waals surface area contributed by atoms with Crippen molar-refractivity contribution in [1.29, 1.82) is 0 Å². The molecule has 2 rings (SSSR count). The van der Waals surface area contributed by atoms with E-state index in [1.165, 1.54) is 27.2 Å². The Hall–Kier alpha value is -2.71. The summed E-state index contributed by atoms with van der Waals surface area (Å²) in [6.45, 7) is 5.21. The lowest BCUT2D eigenvalue weighted by Gasteiger charge is -2.17. The van der Waals surface area contributed by atoms with Crippen LogP contribution in [0.3, 0.4) is 0 Å². The molecule has 2 aromatic rings. The first-order valence-electron chi connectivity index (χ1n) is 8.67. The highest BCUT2D eigenvalue weighted by atomic mass is 32.2. The normalized spacial score (nSPS) is 11.4. The van der Waals surface area contributed by atoms with Crippen LogP contribution in [0, 0.1) is 20.8 Å². The van der Waals surface area contributed by atoms with Crippen molar-refractivity contribution in [3.05, 3.63) is 58.1 Å². The number of aryl methyl sites for hydroxylation is 1. The number of nitrogens with one attached hydrogen (secondary N) is 2. The molecule has 0 atom stereocenters. The molecule has 0 aliphatic carbocycles. The van der Waals surface area contributed by atoms with Gasteiger partial charge in [-0.3, -0.25) is 9.59 Å². The predicted molar refractivity (Wildman–Crippen MR) is 109 cm³/mol. The molecule has 2 aromatic carbocycles. The number of hydrogen-bond donors (Lipinski definition) is 2. The van der Waals surface area contributed by atoms with Gasteiger partial charge in [-0.1, -0.05) is 6.07 Å². The number of carbonyl (C=O) groups is 2. The maximum Gasteiger partial charge on any atom is 0.255 e. The number of rotatable bonds is 5. The van der Waals surface area contributed by atoms with Crippen molar-refractivity contribution in [2.75, 3.05) is 26.5 Å². The molecular formula is C20H25N3O4S. The van der Waals surface area contributed by atoms with Gasteiger partial charge in [-0.2, -0.15) is 0 Å². The summed E-state index contributed by atoms with van der Waals surface area (Å²) in [6, 6.07) is 8.07. The molecule has 8 heteroatoms. The van der Waals surface area contributed by atoms with E-state index in [-0.39, 0.29) is 16.4 Å². The number of amides is 2. The van der Waals surface area contributed by atoms with Gasteiger partial charge in [-0.25, -0.2) is 12.7 Å². The molecule has 0 spiro atoms. The fourth-order valence-electron chi connectivity index (χ4n) is 2.77. The van der Waals surface area contributed by atoms with Crippen LogP contribution in [0.1, 0.15) is 37.4 Å². The number of nitrogens with zero attached hydrogens (tertiary/aromatic N) is 1. The lowest BCUT2D eigenvalue weighted by molar-refractivity contribution is 0.0960. The molecule has 28 heavy (non-hydrogen) atoms. The number of anilines is 1. The van der Waals surface area contributed by atoms with Gasteiger partial charge in [-0.05, 0) is 61.7 Å². The molecule has 7 nitrogen and oxygen atoms in total. The first-order chi connectivity index (χ1) is 13.0. The Balaban J connectivity index is 2.47. The minimum absolute atomic E-state index is 0.0958. The number of sulfonamides is 1. The van der Waals surface area contributed by atoms with Crippen molar-refractivity contribution >= 4 is 27.5 Å². The SMILES string of the molecule is CNC(=O)c1cccc(NC(=O)c2cc(C)c(C)c(S(=O)(=O)N(C)C)c2)c1C. The van der Waals surface area contributed by atoms with E-state index in [1.807, 2.05) is 0 Å². The summed E-state index contributed by atoms with van der Waals surface area (Å²) >= 11 is 0. The Morgan fingerprint density at radius 2 is 1.61 bits per heavy atom. The molecule has 0 aliphatic heterocycles. The van der Waals surface area contributed by atoms with E-state index in [0.29, 0.717) is 27.9 Å². The molecule has 2 amide bonds. The summed E-state index contributed by atoms with van der Waals surface area (Å²) in [5, 5.41) is 5.33. The van der Waals surface area contributed by atoms with E-state index in [9.17, 15) is 18.0 Å². The monoisotopic (exact) mass is 403 g/mol. The second-order valence-corrected chi connectivity index (χ2v) is 8.84. The molecule has 0 unspecified atom stereocenters. The number of hydrogen-bond acceptors (Lipinski definition) is 4. The van der Waals surface area contributed by atoms with E-state index in [1.54, 1.807) is 45.0 Å². The fraction of sp³-hybridized carbons (Fsp3) is 0.300. The highest BCUT2D eigenvalue weighted by Crippen LogP contribution is 2.25. The van der Waals surface area contributed by atoms with Gasteiger partial charge in [0.15, 0.2) is 0 Å². The topological polar surface area (TPSA) is 95.6 Å². The van der Waals surface area contributed by atoms with Gasteiger partial charge in [0.1, 0.15) is 0 Å². The van der Waals surface area contributed by atoms with Crippen LogP contribution >= 0.6 is 0 Å². The van der Waals surface area contributed by atoms with E-state index < -0.39 is 15.9 Å².